The molecule has 40 heavy (non-hydrogen) atoms. The first-order valence-corrected chi connectivity index (χ1v) is 14.2. The van der Waals surface area contributed by atoms with Crippen LogP contribution in [-0.2, 0) is 27.9 Å². The fourth-order valence-electron chi connectivity index (χ4n) is 6.44. The molecule has 1 amide bonds. The maximum absolute atomic E-state index is 14.1. The van der Waals surface area contributed by atoms with Crippen LogP contribution >= 0.6 is 11.6 Å². The Balaban J connectivity index is 1.31. The Hall–Kier alpha value is -3.90. The maximum atomic E-state index is 14.1. The molecule has 0 aliphatic heterocycles. The average Bonchev–Trinajstić information content (AvgIpc) is 3.71. The van der Waals surface area contributed by atoms with Gasteiger partial charge in [-0.2, -0.15) is 5.10 Å². The Labute approximate surface area is 239 Å². The van der Waals surface area contributed by atoms with Crippen molar-refractivity contribution in [1.82, 2.24) is 9.78 Å². The largest absolute Gasteiger partial charge is 0.466 e. The number of nitrogens with zero attached hydrogens (tertiary/aromatic N) is 3. The van der Waals surface area contributed by atoms with Gasteiger partial charge in [-0.1, -0.05) is 48.4 Å². The lowest BCUT2D eigenvalue weighted by molar-refractivity contribution is -0.134. The van der Waals surface area contributed by atoms with Crippen molar-refractivity contribution in [3.63, 3.8) is 0 Å². The second-order valence-electron chi connectivity index (χ2n) is 11.0. The van der Waals surface area contributed by atoms with E-state index in [2.05, 4.69) is 29.4 Å². The quantitative estimate of drug-likeness (QED) is 0.182. The standard InChI is InChI=1S/C33H32ClN3O3/c1-36-31-12-11-23(17-27(31)19-35-36)24-9-10-26(30(34)18-24)20-37(33(39)29-16-22-6-8-25(29)14-22)28-5-3-4-21(15-28)7-13-32(38)40-2/h3-5,7,9-13,15,17-19,22,25,29H,6,8,14,16,20H2,1-2H3/b13-7+/t22-,25+,29-/m1/s1. The average molecular weight is 554 g/mol. The highest BCUT2D eigenvalue weighted by Gasteiger charge is 2.44. The minimum Gasteiger partial charge on any atom is -0.466 e. The lowest BCUT2D eigenvalue weighted by atomic mass is 9.87. The molecular formula is C33H32ClN3O3. The molecule has 6 nitrogen and oxygen atoms in total. The number of hydrogen-bond donors (Lipinski definition) is 0. The summed E-state index contributed by atoms with van der Waals surface area (Å²) in [4.78, 5) is 27.6. The summed E-state index contributed by atoms with van der Waals surface area (Å²) < 4.78 is 6.59. The van der Waals surface area contributed by atoms with Crippen LogP contribution < -0.4 is 4.90 Å². The lowest BCUT2D eigenvalue weighted by Crippen LogP contribution is -2.38. The number of methoxy groups -OCH3 is 1. The van der Waals surface area contributed by atoms with Gasteiger partial charge < -0.3 is 9.64 Å². The number of carbonyl (C=O) groups excluding carboxylic acids is 2. The van der Waals surface area contributed by atoms with E-state index in [0.29, 0.717) is 23.4 Å². The molecule has 2 fully saturated rings. The summed E-state index contributed by atoms with van der Waals surface area (Å²) in [5, 5.41) is 6.04. The highest BCUT2D eigenvalue weighted by molar-refractivity contribution is 6.31. The van der Waals surface area contributed by atoms with Gasteiger partial charge in [0.25, 0.3) is 0 Å². The molecule has 1 heterocycles. The molecule has 2 bridgehead atoms. The van der Waals surface area contributed by atoms with E-state index >= 15 is 0 Å². The van der Waals surface area contributed by atoms with Crippen LogP contribution in [0.3, 0.4) is 0 Å². The van der Waals surface area contributed by atoms with Gasteiger partial charge in [-0.15, -0.1) is 0 Å². The zero-order valence-electron chi connectivity index (χ0n) is 22.7. The first kappa shape index (κ1) is 26.3. The topological polar surface area (TPSA) is 64.4 Å². The van der Waals surface area contributed by atoms with E-state index in [4.69, 9.17) is 16.3 Å². The third-order valence-corrected chi connectivity index (χ3v) is 8.93. The van der Waals surface area contributed by atoms with Gasteiger partial charge >= 0.3 is 5.97 Å². The van der Waals surface area contributed by atoms with Crippen molar-refractivity contribution >= 4 is 46.1 Å². The molecule has 3 aromatic carbocycles. The summed E-state index contributed by atoms with van der Waals surface area (Å²) in [7, 11) is 3.29. The predicted octanol–water partition coefficient (Wildman–Crippen LogP) is 7.05. The van der Waals surface area contributed by atoms with E-state index in [1.165, 1.54) is 19.6 Å². The Morgan fingerprint density at radius 2 is 1.90 bits per heavy atom. The van der Waals surface area contributed by atoms with Crippen LogP contribution in [0.25, 0.3) is 28.1 Å². The van der Waals surface area contributed by atoms with Crippen molar-refractivity contribution in [2.24, 2.45) is 24.8 Å². The summed E-state index contributed by atoms with van der Waals surface area (Å²) in [5.74, 6) is 0.897. The third-order valence-electron chi connectivity index (χ3n) is 8.58. The summed E-state index contributed by atoms with van der Waals surface area (Å²) in [6.45, 7) is 0.373. The van der Waals surface area contributed by atoms with Crippen LogP contribution in [0.2, 0.25) is 5.02 Å². The molecule has 0 spiro atoms. The van der Waals surface area contributed by atoms with Crippen LogP contribution in [0.5, 0.6) is 0 Å². The monoisotopic (exact) mass is 553 g/mol. The number of halogens is 1. The van der Waals surface area contributed by atoms with Crippen molar-refractivity contribution in [2.75, 3.05) is 12.0 Å². The van der Waals surface area contributed by atoms with Crippen molar-refractivity contribution in [3.8, 4) is 11.1 Å². The Kier molecular flexibility index (Phi) is 7.20. The van der Waals surface area contributed by atoms with Crippen LogP contribution in [0, 0.1) is 17.8 Å². The van der Waals surface area contributed by atoms with Gasteiger partial charge in [-0.3, -0.25) is 9.48 Å². The van der Waals surface area contributed by atoms with Crippen molar-refractivity contribution in [2.45, 2.75) is 32.2 Å². The van der Waals surface area contributed by atoms with Gasteiger partial charge in [0.2, 0.25) is 5.91 Å². The third kappa shape index (κ3) is 5.16. The smallest absolute Gasteiger partial charge is 0.330 e. The first-order chi connectivity index (χ1) is 19.4. The number of benzene rings is 3. The molecule has 0 saturated heterocycles. The maximum Gasteiger partial charge on any atom is 0.330 e. The van der Waals surface area contributed by atoms with Gasteiger partial charge in [0.05, 0.1) is 25.4 Å². The summed E-state index contributed by atoms with van der Waals surface area (Å²) in [6.07, 6.45) is 9.45. The van der Waals surface area contributed by atoms with Gasteiger partial charge in [0, 0.05) is 35.1 Å². The number of amides is 1. The van der Waals surface area contributed by atoms with E-state index in [1.54, 1.807) is 6.08 Å². The van der Waals surface area contributed by atoms with E-state index in [-0.39, 0.29) is 11.8 Å². The van der Waals surface area contributed by atoms with Gasteiger partial charge in [0.1, 0.15) is 0 Å². The molecule has 2 aliphatic carbocycles. The normalized spacial score (nSPS) is 19.9. The SMILES string of the molecule is COC(=O)/C=C/c1cccc(N(Cc2ccc(-c3ccc4c(cnn4C)c3)cc2Cl)C(=O)[C@@H]2C[C@@H]3CC[C@H]2C3)c1. The van der Waals surface area contributed by atoms with Gasteiger partial charge in [-0.25, -0.2) is 4.79 Å². The number of fused-ring (bicyclic) bond motifs is 3. The van der Waals surface area contributed by atoms with Crippen molar-refractivity contribution < 1.29 is 14.3 Å². The fraction of sp³-hybridized carbons (Fsp3) is 0.303. The fourth-order valence-corrected chi connectivity index (χ4v) is 6.68. The second kappa shape index (κ2) is 10.9. The summed E-state index contributed by atoms with van der Waals surface area (Å²) in [5.41, 5.74) is 5.65. The van der Waals surface area contributed by atoms with Crippen LogP contribution in [0.1, 0.15) is 36.8 Å². The number of anilines is 1. The zero-order valence-corrected chi connectivity index (χ0v) is 23.5. The van der Waals surface area contributed by atoms with E-state index in [0.717, 1.165) is 58.1 Å². The van der Waals surface area contributed by atoms with E-state index in [1.807, 2.05) is 59.2 Å². The number of aromatic nitrogens is 2. The zero-order chi connectivity index (χ0) is 27.8. The number of hydrogen-bond acceptors (Lipinski definition) is 4. The Morgan fingerprint density at radius 1 is 1.07 bits per heavy atom. The van der Waals surface area contributed by atoms with E-state index < -0.39 is 5.97 Å². The molecule has 3 atom stereocenters. The Morgan fingerprint density at radius 3 is 2.65 bits per heavy atom. The number of ether oxygens (including phenoxy) is 1. The molecule has 204 valence electrons. The molecule has 6 rings (SSSR count). The second-order valence-corrected chi connectivity index (χ2v) is 11.4. The molecule has 2 saturated carbocycles. The van der Waals surface area contributed by atoms with Crippen LogP contribution in [0.15, 0.2) is 72.9 Å². The molecule has 0 radical (unpaired) electrons. The van der Waals surface area contributed by atoms with E-state index in [9.17, 15) is 9.59 Å². The predicted molar refractivity (Wildman–Crippen MR) is 159 cm³/mol. The molecule has 4 aromatic rings. The number of esters is 1. The van der Waals surface area contributed by atoms with Crippen LogP contribution in [-0.4, -0.2) is 28.8 Å². The number of aryl methyl sites for hydroxylation is 1. The molecule has 1 aromatic heterocycles. The van der Waals surface area contributed by atoms with Crippen molar-refractivity contribution in [1.29, 1.82) is 0 Å². The van der Waals surface area contributed by atoms with Crippen LogP contribution in [0.4, 0.5) is 5.69 Å². The highest BCUT2D eigenvalue weighted by Crippen LogP contribution is 2.49. The highest BCUT2D eigenvalue weighted by atomic mass is 35.5. The van der Waals surface area contributed by atoms with Crippen molar-refractivity contribution in [3.05, 3.63) is 89.1 Å². The molecular weight excluding hydrogens is 522 g/mol. The minimum absolute atomic E-state index is 0.0391. The summed E-state index contributed by atoms with van der Waals surface area (Å²) >= 11 is 6.88. The number of carbonyl (C=O) groups is 2. The summed E-state index contributed by atoms with van der Waals surface area (Å²) in [6, 6.07) is 20.0. The van der Waals surface area contributed by atoms with Gasteiger partial charge in [0.15, 0.2) is 0 Å². The minimum atomic E-state index is -0.421. The molecule has 0 unspecified atom stereocenters. The van der Waals surface area contributed by atoms with Gasteiger partial charge in [-0.05, 0) is 89.8 Å². The first-order valence-electron chi connectivity index (χ1n) is 13.8. The Bertz CT molecular complexity index is 1620. The molecule has 2 aliphatic rings. The molecule has 0 N–H and O–H groups in total. The lowest BCUT2D eigenvalue weighted by Gasteiger charge is -2.30. The molecule has 7 heteroatoms. The number of rotatable bonds is 7.